The first-order chi connectivity index (χ1) is 11.6. The molecule has 0 aliphatic carbocycles. The van der Waals surface area contributed by atoms with Crippen molar-refractivity contribution < 1.29 is 18.4 Å². The van der Waals surface area contributed by atoms with Gasteiger partial charge in [-0.3, -0.25) is 9.78 Å². The molecule has 0 unspecified atom stereocenters. The number of amides is 1. The molecule has 0 aliphatic heterocycles. The minimum atomic E-state index is -0.586. The van der Waals surface area contributed by atoms with Gasteiger partial charge in [0, 0.05) is 24.0 Å². The Hall–Kier alpha value is -3.22. The Labute approximate surface area is 137 Å². The molecule has 0 aliphatic rings. The maximum Gasteiger partial charge on any atom is 0.294 e. The number of pyridine rings is 1. The Bertz CT molecular complexity index is 849. The summed E-state index contributed by atoms with van der Waals surface area (Å²) in [6, 6.07) is 11.1. The lowest BCUT2D eigenvalue weighted by Crippen LogP contribution is -2.11. The Morgan fingerprint density at radius 3 is 2.83 bits per heavy atom. The van der Waals surface area contributed by atoms with Crippen molar-refractivity contribution in [2.45, 2.75) is 13.5 Å². The van der Waals surface area contributed by atoms with Crippen LogP contribution in [0.5, 0.6) is 5.75 Å². The van der Waals surface area contributed by atoms with Crippen LogP contribution in [0, 0.1) is 12.7 Å². The fraction of sp³-hybridized carbons (Fsp3) is 0.118. The van der Waals surface area contributed by atoms with E-state index in [1.807, 2.05) is 6.07 Å². The zero-order chi connectivity index (χ0) is 16.9. The summed E-state index contributed by atoms with van der Waals surface area (Å²) in [5, 5.41) is 6.16. The third-order valence-corrected chi connectivity index (χ3v) is 3.14. The summed E-state index contributed by atoms with van der Waals surface area (Å²) in [4.78, 5) is 16.0. The highest BCUT2D eigenvalue weighted by atomic mass is 19.1. The Balaban J connectivity index is 1.65. The lowest BCUT2D eigenvalue weighted by Gasteiger charge is -2.09. The number of nitrogens with one attached hydrogen (secondary N) is 1. The third-order valence-electron chi connectivity index (χ3n) is 3.14. The second kappa shape index (κ2) is 6.91. The fourth-order valence-corrected chi connectivity index (χ4v) is 1.99. The van der Waals surface area contributed by atoms with Crippen LogP contribution in [-0.4, -0.2) is 16.0 Å². The van der Waals surface area contributed by atoms with Crippen LogP contribution in [0.2, 0.25) is 0 Å². The molecule has 7 heteroatoms. The average molecular weight is 327 g/mol. The third kappa shape index (κ3) is 3.75. The molecule has 0 fully saturated rings. The summed E-state index contributed by atoms with van der Waals surface area (Å²) in [6.07, 6.45) is 1.64. The first-order valence-electron chi connectivity index (χ1n) is 7.19. The van der Waals surface area contributed by atoms with E-state index in [0.717, 1.165) is 0 Å². The van der Waals surface area contributed by atoms with Crippen molar-refractivity contribution in [3.05, 3.63) is 71.6 Å². The van der Waals surface area contributed by atoms with E-state index in [0.29, 0.717) is 11.4 Å². The van der Waals surface area contributed by atoms with Crippen molar-refractivity contribution >= 4 is 11.6 Å². The van der Waals surface area contributed by atoms with Gasteiger partial charge in [-0.05, 0) is 31.2 Å². The number of ether oxygens (including phenoxy) is 1. The molecule has 3 aromatic rings. The normalized spacial score (nSPS) is 10.4. The molecular formula is C17H14FN3O3. The van der Waals surface area contributed by atoms with Crippen LogP contribution < -0.4 is 10.1 Å². The van der Waals surface area contributed by atoms with Crippen molar-refractivity contribution in [3.8, 4) is 5.75 Å². The standard InChI is InChI=1S/C17H14FN3O3/c1-11-8-16(24-21-11)17(22)20-12-5-6-15(14(18)9-12)23-10-13-4-2-3-7-19-13/h2-9H,10H2,1H3,(H,20,22). The lowest BCUT2D eigenvalue weighted by atomic mass is 10.2. The van der Waals surface area contributed by atoms with E-state index in [4.69, 9.17) is 9.26 Å². The number of benzene rings is 1. The van der Waals surface area contributed by atoms with Crippen molar-refractivity contribution in [1.29, 1.82) is 0 Å². The van der Waals surface area contributed by atoms with Gasteiger partial charge in [-0.15, -0.1) is 0 Å². The highest BCUT2D eigenvalue weighted by molar-refractivity contribution is 6.02. The molecule has 0 atom stereocenters. The SMILES string of the molecule is Cc1cc(C(=O)Nc2ccc(OCc3ccccn3)c(F)c2)on1. The monoisotopic (exact) mass is 327 g/mol. The number of aryl methyl sites for hydroxylation is 1. The van der Waals surface area contributed by atoms with E-state index in [9.17, 15) is 9.18 Å². The van der Waals surface area contributed by atoms with Gasteiger partial charge in [-0.25, -0.2) is 4.39 Å². The molecular weight excluding hydrogens is 313 g/mol. The zero-order valence-electron chi connectivity index (χ0n) is 12.8. The van der Waals surface area contributed by atoms with Gasteiger partial charge in [0.1, 0.15) is 6.61 Å². The summed E-state index contributed by atoms with van der Waals surface area (Å²) < 4.78 is 24.3. The molecule has 0 saturated carbocycles. The molecule has 0 radical (unpaired) electrons. The van der Waals surface area contributed by atoms with E-state index in [2.05, 4.69) is 15.5 Å². The minimum absolute atomic E-state index is 0.0587. The molecule has 2 aromatic heterocycles. The minimum Gasteiger partial charge on any atom is -0.484 e. The Kier molecular flexibility index (Phi) is 4.51. The summed E-state index contributed by atoms with van der Waals surface area (Å²) in [5.41, 5.74) is 1.57. The first kappa shape index (κ1) is 15.7. The number of rotatable bonds is 5. The highest BCUT2D eigenvalue weighted by Gasteiger charge is 2.13. The number of aromatic nitrogens is 2. The van der Waals surface area contributed by atoms with E-state index in [1.165, 1.54) is 24.3 Å². The summed E-state index contributed by atoms with van der Waals surface area (Å²) in [7, 11) is 0. The van der Waals surface area contributed by atoms with Crippen LogP contribution in [0.4, 0.5) is 10.1 Å². The van der Waals surface area contributed by atoms with Crippen LogP contribution in [0.3, 0.4) is 0 Å². The van der Waals surface area contributed by atoms with Crippen LogP contribution in [0.15, 0.2) is 53.2 Å². The van der Waals surface area contributed by atoms with Gasteiger partial charge in [0.25, 0.3) is 5.91 Å². The van der Waals surface area contributed by atoms with Crippen LogP contribution in [0.1, 0.15) is 21.9 Å². The van der Waals surface area contributed by atoms with Crippen molar-refractivity contribution in [2.75, 3.05) is 5.32 Å². The second-order valence-corrected chi connectivity index (χ2v) is 5.04. The number of carbonyl (C=O) groups is 1. The Morgan fingerprint density at radius 1 is 1.29 bits per heavy atom. The maximum atomic E-state index is 14.1. The van der Waals surface area contributed by atoms with Crippen LogP contribution in [-0.2, 0) is 6.61 Å². The van der Waals surface area contributed by atoms with Gasteiger partial charge < -0.3 is 14.6 Å². The molecule has 1 N–H and O–H groups in total. The van der Waals surface area contributed by atoms with Crippen LogP contribution in [0.25, 0.3) is 0 Å². The highest BCUT2D eigenvalue weighted by Crippen LogP contribution is 2.22. The second-order valence-electron chi connectivity index (χ2n) is 5.04. The number of carbonyl (C=O) groups excluding carboxylic acids is 1. The smallest absolute Gasteiger partial charge is 0.294 e. The molecule has 0 bridgehead atoms. The average Bonchev–Trinajstić information content (AvgIpc) is 3.02. The van der Waals surface area contributed by atoms with Gasteiger partial charge in [0.2, 0.25) is 5.76 Å². The van der Waals surface area contributed by atoms with E-state index >= 15 is 0 Å². The number of anilines is 1. The van der Waals surface area contributed by atoms with Gasteiger partial charge in [0.15, 0.2) is 11.6 Å². The lowest BCUT2D eigenvalue weighted by molar-refractivity contribution is 0.0988. The first-order valence-corrected chi connectivity index (χ1v) is 7.19. The van der Waals surface area contributed by atoms with Gasteiger partial charge in [-0.2, -0.15) is 0 Å². The molecule has 24 heavy (non-hydrogen) atoms. The van der Waals surface area contributed by atoms with Gasteiger partial charge >= 0.3 is 0 Å². The van der Waals surface area contributed by atoms with E-state index in [-0.39, 0.29) is 23.8 Å². The van der Waals surface area contributed by atoms with Gasteiger partial charge in [-0.1, -0.05) is 11.2 Å². The predicted octanol–water partition coefficient (Wildman–Crippen LogP) is 3.35. The Morgan fingerprint density at radius 2 is 2.17 bits per heavy atom. The maximum absolute atomic E-state index is 14.1. The number of halogens is 1. The molecule has 6 nitrogen and oxygen atoms in total. The summed E-state index contributed by atoms with van der Waals surface area (Å²) in [6.45, 7) is 1.86. The molecule has 0 spiro atoms. The molecule has 1 aromatic carbocycles. The summed E-state index contributed by atoms with van der Waals surface area (Å²) in [5.74, 6) is -0.952. The quantitative estimate of drug-likeness (QED) is 0.777. The number of nitrogens with zero attached hydrogens (tertiary/aromatic N) is 2. The molecule has 2 heterocycles. The molecule has 3 rings (SSSR count). The largest absolute Gasteiger partial charge is 0.484 e. The fourth-order valence-electron chi connectivity index (χ4n) is 1.99. The topological polar surface area (TPSA) is 77.2 Å². The molecule has 122 valence electrons. The van der Waals surface area contributed by atoms with Crippen molar-refractivity contribution in [2.24, 2.45) is 0 Å². The van der Waals surface area contributed by atoms with Crippen molar-refractivity contribution in [3.63, 3.8) is 0 Å². The zero-order valence-corrected chi connectivity index (χ0v) is 12.8. The van der Waals surface area contributed by atoms with Crippen LogP contribution >= 0.6 is 0 Å². The predicted molar refractivity (Wildman–Crippen MR) is 84.2 cm³/mol. The molecule has 0 saturated heterocycles. The number of hydrogen-bond donors (Lipinski definition) is 1. The van der Waals surface area contributed by atoms with Crippen molar-refractivity contribution in [1.82, 2.24) is 10.1 Å². The van der Waals surface area contributed by atoms with Gasteiger partial charge in [0.05, 0.1) is 11.4 Å². The van der Waals surface area contributed by atoms with E-state index in [1.54, 1.807) is 25.3 Å². The van der Waals surface area contributed by atoms with E-state index < -0.39 is 11.7 Å². The number of hydrogen-bond acceptors (Lipinski definition) is 5. The summed E-state index contributed by atoms with van der Waals surface area (Å²) >= 11 is 0. The molecule has 1 amide bonds.